The van der Waals surface area contributed by atoms with Crippen molar-refractivity contribution in [3.05, 3.63) is 41.5 Å². The molecule has 106 valence electrons. The van der Waals surface area contributed by atoms with E-state index in [1.165, 1.54) is 0 Å². The molecular weight excluding hydrogens is 250 g/mol. The summed E-state index contributed by atoms with van der Waals surface area (Å²) >= 11 is 0. The highest BCUT2D eigenvalue weighted by Crippen LogP contribution is 2.20. The van der Waals surface area contributed by atoms with E-state index in [1.807, 2.05) is 45.3 Å². The summed E-state index contributed by atoms with van der Waals surface area (Å²) in [6, 6.07) is 5.97. The zero-order valence-corrected chi connectivity index (χ0v) is 12.3. The zero-order valence-electron chi connectivity index (χ0n) is 12.3. The Morgan fingerprint density at radius 2 is 2.05 bits per heavy atom. The first-order chi connectivity index (χ1) is 9.61. The van der Waals surface area contributed by atoms with Crippen LogP contribution in [0.5, 0.6) is 0 Å². The second-order valence-corrected chi connectivity index (χ2v) is 4.82. The Hall–Kier alpha value is -2.17. The van der Waals surface area contributed by atoms with Crippen LogP contribution in [-0.2, 0) is 12.8 Å². The van der Waals surface area contributed by atoms with Gasteiger partial charge in [0.1, 0.15) is 17.5 Å². The van der Waals surface area contributed by atoms with Crippen LogP contribution in [0.15, 0.2) is 24.4 Å². The van der Waals surface area contributed by atoms with Crippen LogP contribution in [0.4, 0.5) is 11.6 Å². The van der Waals surface area contributed by atoms with E-state index >= 15 is 0 Å². The van der Waals surface area contributed by atoms with Crippen LogP contribution in [0.2, 0.25) is 0 Å². The highest BCUT2D eigenvalue weighted by molar-refractivity contribution is 5.56. The van der Waals surface area contributed by atoms with Gasteiger partial charge in [-0.2, -0.15) is 0 Å². The lowest BCUT2D eigenvalue weighted by atomic mass is 10.2. The van der Waals surface area contributed by atoms with Crippen molar-refractivity contribution in [2.24, 2.45) is 0 Å². The fourth-order valence-corrected chi connectivity index (χ4v) is 2.03. The van der Waals surface area contributed by atoms with Crippen molar-refractivity contribution >= 4 is 11.6 Å². The topological polar surface area (TPSA) is 67.9 Å². The van der Waals surface area contributed by atoms with Crippen molar-refractivity contribution in [1.82, 2.24) is 15.0 Å². The maximum Gasteiger partial charge on any atom is 0.137 e. The number of anilines is 2. The molecule has 0 amide bonds. The number of rotatable bonds is 5. The molecule has 0 saturated heterocycles. The van der Waals surface area contributed by atoms with Crippen molar-refractivity contribution in [2.75, 3.05) is 24.2 Å². The van der Waals surface area contributed by atoms with Crippen molar-refractivity contribution in [3.8, 4) is 0 Å². The van der Waals surface area contributed by atoms with Crippen molar-refractivity contribution < 1.29 is 0 Å². The van der Waals surface area contributed by atoms with E-state index in [2.05, 4.69) is 19.9 Å². The fraction of sp³-hybridized carbons (Fsp3) is 0.400. The summed E-state index contributed by atoms with van der Waals surface area (Å²) in [5, 5.41) is 0. The summed E-state index contributed by atoms with van der Waals surface area (Å²) in [5.41, 5.74) is 7.97. The van der Waals surface area contributed by atoms with Crippen LogP contribution < -0.4 is 10.6 Å². The van der Waals surface area contributed by atoms with Crippen LogP contribution in [0.1, 0.15) is 24.0 Å². The van der Waals surface area contributed by atoms with Gasteiger partial charge in [0.15, 0.2) is 0 Å². The minimum absolute atomic E-state index is 0.566. The van der Waals surface area contributed by atoms with Gasteiger partial charge in [0.25, 0.3) is 0 Å². The SMILES string of the molecule is CCc1nc(N)c(C)c(N(C)CCc2ccccn2)n1. The normalized spacial score (nSPS) is 10.6. The molecule has 0 aliphatic heterocycles. The van der Waals surface area contributed by atoms with Gasteiger partial charge in [0.2, 0.25) is 0 Å². The number of nitrogens with two attached hydrogens (primary N) is 1. The van der Waals surface area contributed by atoms with Crippen LogP contribution >= 0.6 is 0 Å². The lowest BCUT2D eigenvalue weighted by Crippen LogP contribution is -2.24. The molecule has 0 fully saturated rings. The first kappa shape index (κ1) is 14.2. The summed E-state index contributed by atoms with van der Waals surface area (Å²) in [6.45, 7) is 4.83. The molecule has 0 aromatic carbocycles. The molecular formula is C15H21N5. The number of pyridine rings is 1. The van der Waals surface area contributed by atoms with E-state index in [0.29, 0.717) is 5.82 Å². The van der Waals surface area contributed by atoms with Crippen molar-refractivity contribution in [1.29, 1.82) is 0 Å². The summed E-state index contributed by atoms with van der Waals surface area (Å²) in [5.74, 6) is 2.26. The molecule has 20 heavy (non-hydrogen) atoms. The lowest BCUT2D eigenvalue weighted by molar-refractivity contribution is 0.818. The first-order valence-electron chi connectivity index (χ1n) is 6.85. The average Bonchev–Trinajstić information content (AvgIpc) is 2.48. The highest BCUT2D eigenvalue weighted by Gasteiger charge is 2.12. The summed E-state index contributed by atoms with van der Waals surface area (Å²) in [7, 11) is 2.02. The van der Waals surface area contributed by atoms with Crippen LogP contribution in [-0.4, -0.2) is 28.5 Å². The standard InChI is InChI=1S/C15H21N5/c1-4-13-18-14(16)11(2)15(19-13)20(3)10-8-12-7-5-6-9-17-12/h5-7,9H,4,8,10H2,1-3H3,(H2,16,18,19). The van der Waals surface area contributed by atoms with Crippen LogP contribution in [0.25, 0.3) is 0 Å². The van der Waals surface area contributed by atoms with E-state index in [4.69, 9.17) is 5.73 Å². The third-order valence-electron chi connectivity index (χ3n) is 3.31. The summed E-state index contributed by atoms with van der Waals surface area (Å²) < 4.78 is 0. The number of likely N-dealkylation sites (N-methyl/N-ethyl adjacent to an activating group) is 1. The second-order valence-electron chi connectivity index (χ2n) is 4.82. The molecule has 0 spiro atoms. The molecule has 2 heterocycles. The number of aryl methyl sites for hydroxylation is 1. The maximum absolute atomic E-state index is 5.95. The predicted molar refractivity (Wildman–Crippen MR) is 81.8 cm³/mol. The molecule has 2 aromatic heterocycles. The maximum atomic E-state index is 5.95. The molecule has 2 aromatic rings. The van der Waals surface area contributed by atoms with Gasteiger partial charge < -0.3 is 10.6 Å². The molecule has 0 bridgehead atoms. The quantitative estimate of drug-likeness (QED) is 0.901. The Morgan fingerprint density at radius 3 is 2.70 bits per heavy atom. The van der Waals surface area contributed by atoms with E-state index < -0.39 is 0 Å². The molecule has 0 radical (unpaired) electrons. The van der Waals surface area contributed by atoms with Gasteiger partial charge in [-0.05, 0) is 19.1 Å². The van der Waals surface area contributed by atoms with E-state index in [-0.39, 0.29) is 0 Å². The third-order valence-corrected chi connectivity index (χ3v) is 3.31. The molecule has 5 heteroatoms. The number of hydrogen-bond acceptors (Lipinski definition) is 5. The Morgan fingerprint density at radius 1 is 1.25 bits per heavy atom. The molecule has 2 rings (SSSR count). The van der Waals surface area contributed by atoms with E-state index in [9.17, 15) is 0 Å². The van der Waals surface area contributed by atoms with E-state index in [0.717, 1.165) is 42.3 Å². The molecule has 2 N–H and O–H groups in total. The molecule has 0 aliphatic carbocycles. The minimum Gasteiger partial charge on any atom is -0.383 e. The van der Waals surface area contributed by atoms with E-state index in [1.54, 1.807) is 0 Å². The molecule has 0 unspecified atom stereocenters. The monoisotopic (exact) mass is 271 g/mol. The molecule has 5 nitrogen and oxygen atoms in total. The number of hydrogen-bond donors (Lipinski definition) is 1. The van der Waals surface area contributed by atoms with Crippen molar-refractivity contribution in [2.45, 2.75) is 26.7 Å². The van der Waals surface area contributed by atoms with Crippen molar-refractivity contribution in [3.63, 3.8) is 0 Å². The molecule has 0 atom stereocenters. The summed E-state index contributed by atoms with van der Waals surface area (Å²) in [6.07, 6.45) is 3.48. The van der Waals surface area contributed by atoms with Gasteiger partial charge in [-0.1, -0.05) is 13.0 Å². The number of nitrogens with zero attached hydrogens (tertiary/aromatic N) is 4. The first-order valence-corrected chi connectivity index (χ1v) is 6.85. The largest absolute Gasteiger partial charge is 0.383 e. The van der Waals surface area contributed by atoms with Gasteiger partial charge in [-0.25, -0.2) is 9.97 Å². The Bertz CT molecular complexity index is 568. The highest BCUT2D eigenvalue weighted by atomic mass is 15.2. The Balaban J connectivity index is 2.12. The molecule has 0 saturated carbocycles. The number of nitrogen functional groups attached to an aromatic ring is 1. The fourth-order valence-electron chi connectivity index (χ4n) is 2.03. The van der Waals surface area contributed by atoms with Gasteiger partial charge in [-0.15, -0.1) is 0 Å². The third kappa shape index (κ3) is 3.23. The van der Waals surface area contributed by atoms with Crippen LogP contribution in [0.3, 0.4) is 0 Å². The van der Waals surface area contributed by atoms with Gasteiger partial charge >= 0.3 is 0 Å². The predicted octanol–water partition coefficient (Wildman–Crippen LogP) is 2.00. The summed E-state index contributed by atoms with van der Waals surface area (Å²) in [4.78, 5) is 15.3. The zero-order chi connectivity index (χ0) is 14.5. The molecule has 0 aliphatic rings. The lowest BCUT2D eigenvalue weighted by Gasteiger charge is -2.21. The van der Waals surface area contributed by atoms with Gasteiger partial charge in [-0.3, -0.25) is 4.98 Å². The average molecular weight is 271 g/mol. The second kappa shape index (κ2) is 6.32. The number of aromatic nitrogens is 3. The Labute approximate surface area is 119 Å². The van der Waals surface area contributed by atoms with Gasteiger partial charge in [0.05, 0.1) is 0 Å². The van der Waals surface area contributed by atoms with Crippen LogP contribution in [0, 0.1) is 6.92 Å². The Kier molecular flexibility index (Phi) is 4.50. The van der Waals surface area contributed by atoms with Gasteiger partial charge in [0, 0.05) is 43.9 Å². The smallest absolute Gasteiger partial charge is 0.137 e. The minimum atomic E-state index is 0.566.